The topological polar surface area (TPSA) is 66.5 Å². The second-order valence-corrected chi connectivity index (χ2v) is 8.24. The molecule has 0 aliphatic heterocycles. The number of nitrogens with zero attached hydrogens (tertiary/aromatic N) is 1. The Kier molecular flexibility index (Phi) is 8.25. The van der Waals surface area contributed by atoms with Crippen molar-refractivity contribution >= 4 is 21.6 Å². The van der Waals surface area contributed by atoms with Gasteiger partial charge in [0.25, 0.3) is 0 Å². The van der Waals surface area contributed by atoms with Crippen molar-refractivity contribution < 1.29 is 13.2 Å². The molecule has 0 fully saturated rings. The molecule has 0 spiro atoms. The predicted molar refractivity (Wildman–Crippen MR) is 99.7 cm³/mol. The second kappa shape index (κ2) is 9.67. The first kappa shape index (κ1) is 20.5. The zero-order chi connectivity index (χ0) is 18.2. The van der Waals surface area contributed by atoms with Crippen LogP contribution in [0, 0.1) is 12.8 Å². The molecular formula is C18H30N2O3S. The lowest BCUT2D eigenvalue weighted by Crippen LogP contribution is -2.41. The largest absolute Gasteiger partial charge is 0.354 e. The molecule has 1 rings (SSSR count). The highest BCUT2D eigenvalue weighted by atomic mass is 32.2. The highest BCUT2D eigenvalue weighted by molar-refractivity contribution is 7.92. The molecule has 0 aromatic heterocycles. The van der Waals surface area contributed by atoms with Crippen LogP contribution in [0.3, 0.4) is 0 Å². The van der Waals surface area contributed by atoms with Gasteiger partial charge in [0.05, 0.1) is 11.9 Å². The summed E-state index contributed by atoms with van der Waals surface area (Å²) in [7, 11) is -3.52. The molecule has 6 heteroatoms. The van der Waals surface area contributed by atoms with E-state index in [4.69, 9.17) is 0 Å². The predicted octanol–water partition coefficient (Wildman–Crippen LogP) is 3.09. The molecule has 0 saturated carbocycles. The number of anilines is 1. The number of carbonyl (C=O) groups excluding carboxylic acids is 1. The van der Waals surface area contributed by atoms with Gasteiger partial charge in [-0.3, -0.25) is 9.10 Å². The number of nitrogens with one attached hydrogen (secondary N) is 1. The molecule has 1 amide bonds. The van der Waals surface area contributed by atoms with Crippen molar-refractivity contribution in [1.82, 2.24) is 5.32 Å². The molecule has 0 bridgehead atoms. The molecule has 1 N–H and O–H groups in total. The highest BCUT2D eigenvalue weighted by Gasteiger charge is 2.21. The van der Waals surface area contributed by atoms with Crippen LogP contribution < -0.4 is 9.62 Å². The number of benzene rings is 1. The third kappa shape index (κ3) is 6.91. The number of hydrogen-bond acceptors (Lipinski definition) is 3. The summed E-state index contributed by atoms with van der Waals surface area (Å²) in [5.74, 6) is 0.177. The van der Waals surface area contributed by atoms with Gasteiger partial charge in [0.15, 0.2) is 0 Å². The maximum Gasteiger partial charge on any atom is 0.240 e. The minimum Gasteiger partial charge on any atom is -0.354 e. The van der Waals surface area contributed by atoms with E-state index in [2.05, 4.69) is 19.2 Å². The van der Waals surface area contributed by atoms with Gasteiger partial charge in [0.1, 0.15) is 6.54 Å². The number of amides is 1. The molecule has 0 heterocycles. The summed E-state index contributed by atoms with van der Waals surface area (Å²) < 4.78 is 25.3. The normalized spacial score (nSPS) is 12.7. The van der Waals surface area contributed by atoms with Gasteiger partial charge in [-0.25, -0.2) is 8.42 Å². The minimum atomic E-state index is -3.52. The molecule has 1 unspecified atom stereocenters. The molecule has 0 aliphatic carbocycles. The summed E-state index contributed by atoms with van der Waals surface area (Å²) in [6.45, 7) is 6.57. The Morgan fingerprint density at radius 1 is 1.29 bits per heavy atom. The van der Waals surface area contributed by atoms with E-state index in [1.54, 1.807) is 18.2 Å². The fraction of sp³-hybridized carbons (Fsp3) is 0.611. The fourth-order valence-corrected chi connectivity index (χ4v) is 3.42. The van der Waals surface area contributed by atoms with Gasteiger partial charge in [-0.05, 0) is 37.0 Å². The van der Waals surface area contributed by atoms with E-state index >= 15 is 0 Å². The van der Waals surface area contributed by atoms with Crippen molar-refractivity contribution in [3.8, 4) is 0 Å². The summed E-state index contributed by atoms with van der Waals surface area (Å²) in [6.07, 6.45) is 5.50. The molecule has 0 saturated heterocycles. The molecular weight excluding hydrogens is 324 g/mol. The van der Waals surface area contributed by atoms with Gasteiger partial charge >= 0.3 is 0 Å². The van der Waals surface area contributed by atoms with Gasteiger partial charge in [-0.2, -0.15) is 0 Å². The van der Waals surface area contributed by atoms with Crippen molar-refractivity contribution in [2.24, 2.45) is 5.92 Å². The molecule has 136 valence electrons. The van der Waals surface area contributed by atoms with Crippen LogP contribution in [-0.2, 0) is 14.8 Å². The molecule has 1 aromatic carbocycles. The molecule has 1 aromatic rings. The van der Waals surface area contributed by atoms with E-state index in [9.17, 15) is 13.2 Å². The molecule has 5 nitrogen and oxygen atoms in total. The summed E-state index contributed by atoms with van der Waals surface area (Å²) in [4.78, 5) is 12.2. The van der Waals surface area contributed by atoms with Crippen LogP contribution >= 0.6 is 0 Å². The fourth-order valence-electron chi connectivity index (χ4n) is 2.57. The van der Waals surface area contributed by atoms with E-state index < -0.39 is 10.0 Å². The van der Waals surface area contributed by atoms with Crippen LogP contribution in [0.5, 0.6) is 0 Å². The average Bonchev–Trinajstić information content (AvgIpc) is 2.51. The Morgan fingerprint density at radius 3 is 2.54 bits per heavy atom. The number of aryl methyl sites for hydroxylation is 1. The first-order valence-electron chi connectivity index (χ1n) is 8.59. The van der Waals surface area contributed by atoms with Crippen LogP contribution in [0.1, 0.15) is 45.1 Å². The zero-order valence-electron chi connectivity index (χ0n) is 15.2. The van der Waals surface area contributed by atoms with Gasteiger partial charge in [0.2, 0.25) is 15.9 Å². The number of carbonyl (C=O) groups is 1. The molecule has 24 heavy (non-hydrogen) atoms. The van der Waals surface area contributed by atoms with E-state index in [0.29, 0.717) is 18.2 Å². The summed E-state index contributed by atoms with van der Waals surface area (Å²) in [5.41, 5.74) is 1.47. The summed E-state index contributed by atoms with van der Waals surface area (Å²) >= 11 is 0. The first-order chi connectivity index (χ1) is 11.3. The van der Waals surface area contributed by atoms with E-state index in [0.717, 1.165) is 41.8 Å². The van der Waals surface area contributed by atoms with Crippen molar-refractivity contribution in [3.05, 3.63) is 29.8 Å². The van der Waals surface area contributed by atoms with Crippen LogP contribution in [0.15, 0.2) is 24.3 Å². The third-order valence-electron chi connectivity index (χ3n) is 4.11. The van der Waals surface area contributed by atoms with Crippen molar-refractivity contribution in [2.75, 3.05) is 23.7 Å². The molecule has 0 radical (unpaired) electrons. The summed E-state index contributed by atoms with van der Waals surface area (Å²) in [5, 5.41) is 2.88. The van der Waals surface area contributed by atoms with Crippen LogP contribution in [0.2, 0.25) is 0 Å². The maximum atomic E-state index is 12.2. The summed E-state index contributed by atoms with van der Waals surface area (Å²) in [6, 6.07) is 7.16. The lowest BCUT2D eigenvalue weighted by molar-refractivity contribution is -0.119. The minimum absolute atomic E-state index is 0.188. The Morgan fingerprint density at radius 2 is 2.00 bits per heavy atom. The van der Waals surface area contributed by atoms with Crippen LogP contribution in [0.25, 0.3) is 0 Å². The SMILES string of the molecule is CCCCC(CC)CNC(=O)CN(c1cccc(C)c1)S(C)(=O)=O. The van der Waals surface area contributed by atoms with E-state index in [1.165, 1.54) is 0 Å². The van der Waals surface area contributed by atoms with Crippen LogP contribution in [-0.4, -0.2) is 33.7 Å². The third-order valence-corrected chi connectivity index (χ3v) is 5.25. The standard InChI is InChI=1S/C18H30N2O3S/c1-5-7-10-16(6-2)13-19-18(21)14-20(24(4,22)23)17-11-8-9-15(3)12-17/h8-9,11-12,16H,5-7,10,13-14H2,1-4H3,(H,19,21). The molecule has 0 aliphatic rings. The molecule has 1 atom stereocenters. The number of hydrogen-bond donors (Lipinski definition) is 1. The number of unbranched alkanes of at least 4 members (excludes halogenated alkanes) is 1. The Hall–Kier alpha value is -1.56. The van der Waals surface area contributed by atoms with E-state index in [1.807, 2.05) is 13.0 Å². The highest BCUT2D eigenvalue weighted by Crippen LogP contribution is 2.18. The smallest absolute Gasteiger partial charge is 0.240 e. The zero-order valence-corrected chi connectivity index (χ0v) is 16.0. The number of rotatable bonds is 10. The van der Waals surface area contributed by atoms with E-state index in [-0.39, 0.29) is 12.5 Å². The number of sulfonamides is 1. The Labute approximate surface area is 146 Å². The van der Waals surface area contributed by atoms with Crippen molar-refractivity contribution in [3.63, 3.8) is 0 Å². The maximum absolute atomic E-state index is 12.2. The quantitative estimate of drug-likeness (QED) is 0.702. The van der Waals surface area contributed by atoms with Crippen molar-refractivity contribution in [1.29, 1.82) is 0 Å². The monoisotopic (exact) mass is 354 g/mol. The van der Waals surface area contributed by atoms with Crippen molar-refractivity contribution in [2.45, 2.75) is 46.5 Å². The second-order valence-electron chi connectivity index (χ2n) is 6.33. The van der Waals surface area contributed by atoms with Gasteiger partial charge < -0.3 is 5.32 Å². The Balaban J connectivity index is 2.72. The van der Waals surface area contributed by atoms with Gasteiger partial charge in [-0.1, -0.05) is 45.2 Å². The Bertz CT molecular complexity index is 629. The van der Waals surface area contributed by atoms with Gasteiger partial charge in [-0.15, -0.1) is 0 Å². The van der Waals surface area contributed by atoms with Crippen LogP contribution in [0.4, 0.5) is 5.69 Å². The lowest BCUT2D eigenvalue weighted by atomic mass is 9.99. The average molecular weight is 355 g/mol. The lowest BCUT2D eigenvalue weighted by Gasteiger charge is -2.23. The van der Waals surface area contributed by atoms with Gasteiger partial charge in [0, 0.05) is 6.54 Å². The first-order valence-corrected chi connectivity index (χ1v) is 10.4.